The maximum absolute atomic E-state index is 13.7. The molecule has 3 unspecified atom stereocenters. The molecule has 40 heavy (non-hydrogen) atoms. The van der Waals surface area contributed by atoms with Crippen molar-refractivity contribution in [2.75, 3.05) is 13.2 Å². The Morgan fingerprint density at radius 2 is 1.62 bits per heavy atom. The van der Waals surface area contributed by atoms with E-state index in [9.17, 15) is 9.90 Å². The maximum atomic E-state index is 13.7. The molecular weight excluding hydrogens is 496 g/mol. The monoisotopic (exact) mass is 548 g/mol. The summed E-state index contributed by atoms with van der Waals surface area (Å²) in [4.78, 5) is 13.7. The van der Waals surface area contributed by atoms with Crippen LogP contribution >= 0.6 is 0 Å². The molecule has 0 aromatic heterocycles. The number of carbonyl (C=O) groups excluding carboxylic acids is 1. The molecule has 220 valence electrons. The second-order valence-corrected chi connectivity index (χ2v) is 16.2. The number of hydrogen-bond acceptors (Lipinski definition) is 4. The lowest BCUT2D eigenvalue weighted by atomic mass is 9.33. The Labute approximate surface area is 243 Å². The van der Waals surface area contributed by atoms with Crippen LogP contribution in [-0.4, -0.2) is 36.5 Å². The summed E-state index contributed by atoms with van der Waals surface area (Å²) in [5.41, 5.74) is 1.13. The number of terminal acetylenes is 2. The predicted octanol–water partition coefficient (Wildman–Crippen LogP) is 6.95. The summed E-state index contributed by atoms with van der Waals surface area (Å²) in [5.74, 6) is 6.13. The van der Waals surface area contributed by atoms with Crippen LogP contribution in [0.5, 0.6) is 0 Å². The van der Waals surface area contributed by atoms with Gasteiger partial charge in [0.2, 0.25) is 0 Å². The highest BCUT2D eigenvalue weighted by Crippen LogP contribution is 2.76. The molecule has 4 nitrogen and oxygen atoms in total. The van der Waals surface area contributed by atoms with Crippen molar-refractivity contribution >= 4 is 5.97 Å². The molecule has 0 bridgehead atoms. The van der Waals surface area contributed by atoms with Crippen molar-refractivity contribution in [1.82, 2.24) is 0 Å². The van der Waals surface area contributed by atoms with Crippen LogP contribution < -0.4 is 0 Å². The Morgan fingerprint density at radius 1 is 0.950 bits per heavy atom. The van der Waals surface area contributed by atoms with E-state index < -0.39 is 11.5 Å². The zero-order valence-electron chi connectivity index (χ0n) is 26.1. The summed E-state index contributed by atoms with van der Waals surface area (Å²) >= 11 is 0. The number of ether oxygens (including phenoxy) is 2. The van der Waals surface area contributed by atoms with Crippen molar-refractivity contribution in [3.63, 3.8) is 0 Å². The van der Waals surface area contributed by atoms with Gasteiger partial charge in [0.15, 0.2) is 6.61 Å². The van der Waals surface area contributed by atoms with Gasteiger partial charge in [0.1, 0.15) is 6.61 Å². The summed E-state index contributed by atoms with van der Waals surface area (Å²) < 4.78 is 11.8. The van der Waals surface area contributed by atoms with Crippen molar-refractivity contribution in [3.05, 3.63) is 11.6 Å². The van der Waals surface area contributed by atoms with Gasteiger partial charge in [-0.3, -0.25) is 4.79 Å². The lowest BCUT2D eigenvalue weighted by molar-refractivity contribution is -0.239. The van der Waals surface area contributed by atoms with E-state index in [2.05, 4.69) is 66.4 Å². The van der Waals surface area contributed by atoms with Gasteiger partial charge in [-0.15, -0.1) is 12.8 Å². The fourth-order valence-corrected chi connectivity index (χ4v) is 11.4. The normalized spacial score (nSPS) is 46.6. The van der Waals surface area contributed by atoms with Gasteiger partial charge in [-0.05, 0) is 103 Å². The number of fused-ring (bicyclic) bond motifs is 7. The van der Waals surface area contributed by atoms with Crippen molar-refractivity contribution in [3.8, 4) is 24.7 Å². The van der Waals surface area contributed by atoms with Gasteiger partial charge in [-0.1, -0.05) is 72.0 Å². The SMILES string of the molecule is C#CCOC(=O)[C@]12CCC(C)(C)CC1C1=CCC3[C@@]4(C)C[C@@H](O)[C@H](OCC#C)C(C)(C)C4CC[C@@]3(C)[C@]1(C)CC2. The second kappa shape index (κ2) is 9.64. The van der Waals surface area contributed by atoms with Crippen molar-refractivity contribution in [1.29, 1.82) is 0 Å². The van der Waals surface area contributed by atoms with Crippen LogP contribution in [-0.2, 0) is 14.3 Å². The number of hydrogen-bond donors (Lipinski definition) is 1. The Morgan fingerprint density at radius 3 is 2.30 bits per heavy atom. The van der Waals surface area contributed by atoms with E-state index in [-0.39, 0.29) is 58.3 Å². The minimum atomic E-state index is -0.533. The lowest BCUT2D eigenvalue weighted by Gasteiger charge is -2.71. The molecule has 4 saturated carbocycles. The van der Waals surface area contributed by atoms with Gasteiger partial charge in [0, 0.05) is 0 Å². The maximum Gasteiger partial charge on any atom is 0.313 e. The molecule has 1 N–H and O–H groups in total. The highest BCUT2D eigenvalue weighted by Gasteiger charge is 2.70. The molecule has 0 aromatic carbocycles. The summed E-state index contributed by atoms with van der Waals surface area (Å²) in [7, 11) is 0. The van der Waals surface area contributed by atoms with Crippen LogP contribution in [0.2, 0.25) is 0 Å². The smallest absolute Gasteiger partial charge is 0.313 e. The number of allylic oxidation sites excluding steroid dienone is 2. The minimum Gasteiger partial charge on any atom is -0.452 e. The first-order chi connectivity index (χ1) is 18.6. The average molecular weight is 549 g/mol. The van der Waals surface area contributed by atoms with E-state index in [0.29, 0.717) is 11.8 Å². The number of aliphatic hydroxyl groups is 1. The molecule has 0 amide bonds. The first-order valence-corrected chi connectivity index (χ1v) is 15.7. The molecule has 5 aliphatic carbocycles. The van der Waals surface area contributed by atoms with Crippen molar-refractivity contribution < 1.29 is 19.4 Å². The van der Waals surface area contributed by atoms with Crippen LogP contribution in [0.15, 0.2) is 11.6 Å². The van der Waals surface area contributed by atoms with Crippen LogP contribution in [0.25, 0.3) is 0 Å². The van der Waals surface area contributed by atoms with E-state index in [0.717, 1.165) is 57.8 Å². The van der Waals surface area contributed by atoms with Gasteiger partial charge < -0.3 is 14.6 Å². The first-order valence-electron chi connectivity index (χ1n) is 15.7. The Bertz CT molecular complexity index is 1150. The summed E-state index contributed by atoms with van der Waals surface area (Å²) in [6.45, 7) is 17.1. The fraction of sp³-hybridized carbons (Fsp3) is 0.806. The van der Waals surface area contributed by atoms with Crippen molar-refractivity contribution in [2.24, 2.45) is 50.2 Å². The van der Waals surface area contributed by atoms with E-state index >= 15 is 0 Å². The quantitative estimate of drug-likeness (QED) is 0.235. The predicted molar refractivity (Wildman–Crippen MR) is 159 cm³/mol. The molecule has 4 fully saturated rings. The third-order valence-electron chi connectivity index (χ3n) is 13.6. The molecule has 9 atom stereocenters. The van der Waals surface area contributed by atoms with Gasteiger partial charge in [-0.2, -0.15) is 0 Å². The van der Waals surface area contributed by atoms with Crippen LogP contribution in [0, 0.1) is 74.9 Å². The van der Waals surface area contributed by atoms with E-state index in [1.807, 2.05) is 0 Å². The average Bonchev–Trinajstić information content (AvgIpc) is 2.86. The Hall–Kier alpha value is -1.75. The van der Waals surface area contributed by atoms with E-state index in [1.165, 1.54) is 5.57 Å². The van der Waals surface area contributed by atoms with Gasteiger partial charge in [0.25, 0.3) is 0 Å². The molecule has 4 heteroatoms. The van der Waals surface area contributed by atoms with Crippen LogP contribution in [0.4, 0.5) is 0 Å². The topological polar surface area (TPSA) is 55.8 Å². The standard InChI is InChI=1S/C36H52O4/c1-10-20-39-29-26(37)23-33(7)27(32(29,5)6)14-15-35(9)28(33)13-12-24-25-22-31(3,4)16-18-36(25,19-17-34(24,35)8)30(38)40-21-11-2/h1-2,12,25-29,37H,13-23H2,3-9H3/t25?,26-,27?,28?,29+,33+,34-,35-,36+/m1/s1. The van der Waals surface area contributed by atoms with Crippen molar-refractivity contribution in [2.45, 2.75) is 118 Å². The second-order valence-electron chi connectivity index (χ2n) is 16.2. The molecule has 0 radical (unpaired) electrons. The lowest BCUT2D eigenvalue weighted by Crippen LogP contribution is -2.67. The largest absolute Gasteiger partial charge is 0.452 e. The van der Waals surface area contributed by atoms with E-state index in [4.69, 9.17) is 22.3 Å². The zero-order valence-corrected chi connectivity index (χ0v) is 26.1. The van der Waals surface area contributed by atoms with Gasteiger partial charge >= 0.3 is 5.97 Å². The molecule has 0 saturated heterocycles. The van der Waals surface area contributed by atoms with Gasteiger partial charge in [0.05, 0.1) is 17.6 Å². The summed E-state index contributed by atoms with van der Waals surface area (Å²) in [5, 5.41) is 11.5. The number of rotatable bonds is 4. The molecule has 0 aromatic rings. The minimum absolute atomic E-state index is 0.00376. The van der Waals surface area contributed by atoms with Crippen LogP contribution in [0.3, 0.4) is 0 Å². The number of esters is 1. The van der Waals surface area contributed by atoms with Gasteiger partial charge in [-0.25, -0.2) is 0 Å². The summed E-state index contributed by atoms with van der Waals surface area (Å²) in [6, 6.07) is 0. The van der Waals surface area contributed by atoms with Crippen LogP contribution in [0.1, 0.15) is 106 Å². The first kappa shape index (κ1) is 29.7. The molecular formula is C36H52O4. The fourth-order valence-electron chi connectivity index (χ4n) is 11.4. The molecule has 0 heterocycles. The third-order valence-corrected chi connectivity index (χ3v) is 13.6. The number of aliphatic hydroxyl groups excluding tert-OH is 1. The zero-order chi connectivity index (χ0) is 29.4. The third kappa shape index (κ3) is 3.99. The molecule has 0 aliphatic heterocycles. The Balaban J connectivity index is 1.55. The Kier molecular flexibility index (Phi) is 7.17. The molecule has 5 aliphatic rings. The highest BCUT2D eigenvalue weighted by molar-refractivity contribution is 5.79. The number of carbonyl (C=O) groups is 1. The molecule has 0 spiro atoms. The molecule has 5 rings (SSSR count). The summed E-state index contributed by atoms with van der Waals surface area (Å²) in [6.07, 6.45) is 21.6. The highest BCUT2D eigenvalue weighted by atomic mass is 16.5. The van der Waals surface area contributed by atoms with E-state index in [1.54, 1.807) is 0 Å².